The molecule has 0 unspecified atom stereocenters. The Morgan fingerprint density at radius 2 is 2.00 bits per heavy atom. The predicted octanol–water partition coefficient (Wildman–Crippen LogP) is 1.33. The molecule has 0 aliphatic carbocycles. The molecular formula is C11H8FIN2O2. The van der Waals surface area contributed by atoms with Gasteiger partial charge in [0, 0.05) is 11.8 Å². The van der Waals surface area contributed by atoms with Crippen LogP contribution in [0.2, 0.25) is 0 Å². The maximum Gasteiger partial charge on any atom is 0.328 e. The standard InChI is InChI=1S/C11H8FIN2O2/c12-8-4-2-1-3-7(8)5-15-6-9(13)10(16)14-11(15)17/h1-4,6H,5H2,(H,14,16,17). The van der Waals surface area contributed by atoms with Crippen molar-refractivity contribution >= 4 is 22.6 Å². The van der Waals surface area contributed by atoms with Crippen molar-refractivity contribution in [2.24, 2.45) is 0 Å². The van der Waals surface area contributed by atoms with Crippen LogP contribution >= 0.6 is 22.6 Å². The molecule has 0 saturated heterocycles. The van der Waals surface area contributed by atoms with E-state index in [0.29, 0.717) is 9.13 Å². The SMILES string of the molecule is O=c1[nH]c(=O)n(Cc2ccccc2F)cc1I. The van der Waals surface area contributed by atoms with Gasteiger partial charge in [-0.3, -0.25) is 14.3 Å². The van der Waals surface area contributed by atoms with Gasteiger partial charge in [0.1, 0.15) is 5.82 Å². The highest BCUT2D eigenvalue weighted by molar-refractivity contribution is 14.1. The number of nitrogens with one attached hydrogen (secondary N) is 1. The number of H-pyrrole nitrogens is 1. The van der Waals surface area contributed by atoms with Gasteiger partial charge in [-0.15, -0.1) is 0 Å². The van der Waals surface area contributed by atoms with Crippen LogP contribution in [0, 0.1) is 9.39 Å². The van der Waals surface area contributed by atoms with Crippen molar-refractivity contribution in [1.82, 2.24) is 9.55 Å². The molecular weight excluding hydrogens is 338 g/mol. The molecule has 1 aromatic carbocycles. The number of hydrogen-bond donors (Lipinski definition) is 1. The van der Waals surface area contributed by atoms with E-state index in [-0.39, 0.29) is 12.4 Å². The largest absolute Gasteiger partial charge is 0.328 e. The molecule has 0 spiro atoms. The second kappa shape index (κ2) is 4.82. The van der Waals surface area contributed by atoms with E-state index in [0.717, 1.165) is 0 Å². The number of rotatable bonds is 2. The second-order valence-corrected chi connectivity index (χ2v) is 4.62. The van der Waals surface area contributed by atoms with Crippen LogP contribution in [-0.4, -0.2) is 9.55 Å². The molecule has 0 fully saturated rings. The number of halogens is 2. The zero-order valence-corrected chi connectivity index (χ0v) is 10.8. The van der Waals surface area contributed by atoms with Crippen molar-refractivity contribution in [3.05, 3.63) is 66.3 Å². The third-order valence-electron chi connectivity index (χ3n) is 2.27. The Labute approximate surface area is 109 Å². The summed E-state index contributed by atoms with van der Waals surface area (Å²) in [7, 11) is 0. The summed E-state index contributed by atoms with van der Waals surface area (Å²) in [5, 5.41) is 0. The minimum absolute atomic E-state index is 0.0955. The lowest BCUT2D eigenvalue weighted by atomic mass is 10.2. The fraction of sp³-hybridized carbons (Fsp3) is 0.0909. The van der Waals surface area contributed by atoms with E-state index in [2.05, 4.69) is 4.98 Å². The van der Waals surface area contributed by atoms with Crippen molar-refractivity contribution in [2.45, 2.75) is 6.54 Å². The minimum atomic E-state index is -0.543. The maximum atomic E-state index is 13.4. The van der Waals surface area contributed by atoms with Gasteiger partial charge in [0.2, 0.25) is 0 Å². The molecule has 17 heavy (non-hydrogen) atoms. The Morgan fingerprint density at radius 1 is 1.29 bits per heavy atom. The lowest BCUT2D eigenvalue weighted by Gasteiger charge is -2.06. The van der Waals surface area contributed by atoms with Crippen LogP contribution in [0.15, 0.2) is 40.1 Å². The number of aromatic amines is 1. The second-order valence-electron chi connectivity index (χ2n) is 3.46. The molecule has 0 bridgehead atoms. The van der Waals surface area contributed by atoms with Crippen LogP contribution in [-0.2, 0) is 6.54 Å². The highest BCUT2D eigenvalue weighted by Gasteiger charge is 2.05. The molecule has 0 aliphatic heterocycles. The summed E-state index contributed by atoms with van der Waals surface area (Å²) in [4.78, 5) is 24.8. The zero-order chi connectivity index (χ0) is 12.4. The Hall–Kier alpha value is -1.44. The van der Waals surface area contributed by atoms with Crippen molar-refractivity contribution in [2.75, 3.05) is 0 Å². The molecule has 0 amide bonds. The predicted molar refractivity (Wildman–Crippen MR) is 69.5 cm³/mol. The highest BCUT2D eigenvalue weighted by Crippen LogP contribution is 2.07. The summed E-state index contributed by atoms with van der Waals surface area (Å²) in [5.74, 6) is -0.374. The van der Waals surface area contributed by atoms with Crippen LogP contribution in [0.4, 0.5) is 4.39 Å². The van der Waals surface area contributed by atoms with Crippen molar-refractivity contribution < 1.29 is 4.39 Å². The first-order chi connectivity index (χ1) is 8.08. The highest BCUT2D eigenvalue weighted by atomic mass is 127. The van der Waals surface area contributed by atoms with Gasteiger partial charge in [-0.25, -0.2) is 9.18 Å². The first-order valence-electron chi connectivity index (χ1n) is 4.80. The Balaban J connectivity index is 2.44. The smallest absolute Gasteiger partial charge is 0.295 e. The molecule has 2 rings (SSSR count). The summed E-state index contributed by atoms with van der Waals surface area (Å²) in [6.07, 6.45) is 1.41. The molecule has 0 saturated carbocycles. The van der Waals surface area contributed by atoms with E-state index >= 15 is 0 Å². The third-order valence-corrected chi connectivity index (χ3v) is 3.03. The first kappa shape index (κ1) is 12.0. The van der Waals surface area contributed by atoms with Gasteiger partial charge in [0.05, 0.1) is 10.1 Å². The molecule has 1 heterocycles. The third kappa shape index (κ3) is 2.63. The molecule has 0 aliphatic rings. The Morgan fingerprint density at radius 3 is 2.71 bits per heavy atom. The summed E-state index contributed by atoms with van der Waals surface area (Å²) < 4.78 is 15.1. The molecule has 1 aromatic heterocycles. The van der Waals surface area contributed by atoms with E-state index in [1.807, 2.05) is 22.6 Å². The average molecular weight is 346 g/mol. The summed E-state index contributed by atoms with van der Waals surface area (Å²) in [6.45, 7) is 0.0955. The quantitative estimate of drug-likeness (QED) is 0.835. The van der Waals surface area contributed by atoms with Gasteiger partial charge >= 0.3 is 5.69 Å². The van der Waals surface area contributed by atoms with E-state index in [1.54, 1.807) is 18.2 Å². The Bertz CT molecular complexity index is 663. The summed E-state index contributed by atoms with van der Waals surface area (Å²) in [6, 6.07) is 6.20. The first-order valence-corrected chi connectivity index (χ1v) is 5.88. The fourth-order valence-electron chi connectivity index (χ4n) is 1.41. The van der Waals surface area contributed by atoms with Gasteiger partial charge in [0.15, 0.2) is 0 Å². The van der Waals surface area contributed by atoms with E-state index in [4.69, 9.17) is 0 Å². The van der Waals surface area contributed by atoms with Crippen LogP contribution in [0.3, 0.4) is 0 Å². The van der Waals surface area contributed by atoms with E-state index < -0.39 is 11.2 Å². The van der Waals surface area contributed by atoms with Crippen LogP contribution < -0.4 is 11.2 Å². The summed E-state index contributed by atoms with van der Waals surface area (Å²) in [5.41, 5.74) is -0.573. The zero-order valence-electron chi connectivity index (χ0n) is 8.61. The van der Waals surface area contributed by atoms with Crippen molar-refractivity contribution in [3.63, 3.8) is 0 Å². The van der Waals surface area contributed by atoms with Crippen molar-refractivity contribution in [3.8, 4) is 0 Å². The molecule has 0 atom stereocenters. The normalized spacial score (nSPS) is 10.5. The number of nitrogens with zero attached hydrogens (tertiary/aromatic N) is 1. The fourth-order valence-corrected chi connectivity index (χ4v) is 1.88. The molecule has 88 valence electrons. The van der Waals surface area contributed by atoms with Gasteiger partial charge in [-0.05, 0) is 28.7 Å². The molecule has 2 aromatic rings. The van der Waals surface area contributed by atoms with Gasteiger partial charge < -0.3 is 0 Å². The number of hydrogen-bond acceptors (Lipinski definition) is 2. The maximum absolute atomic E-state index is 13.4. The van der Waals surface area contributed by atoms with Crippen LogP contribution in [0.5, 0.6) is 0 Å². The van der Waals surface area contributed by atoms with E-state index in [9.17, 15) is 14.0 Å². The lowest BCUT2D eigenvalue weighted by Crippen LogP contribution is -2.31. The number of aromatic nitrogens is 2. The van der Waals surface area contributed by atoms with Gasteiger partial charge in [-0.2, -0.15) is 0 Å². The molecule has 4 nitrogen and oxygen atoms in total. The minimum Gasteiger partial charge on any atom is -0.295 e. The van der Waals surface area contributed by atoms with Crippen molar-refractivity contribution in [1.29, 1.82) is 0 Å². The number of benzene rings is 1. The monoisotopic (exact) mass is 346 g/mol. The van der Waals surface area contributed by atoms with Crippen LogP contribution in [0.1, 0.15) is 5.56 Å². The van der Waals surface area contributed by atoms with E-state index in [1.165, 1.54) is 16.8 Å². The average Bonchev–Trinajstić information content (AvgIpc) is 2.29. The Kier molecular flexibility index (Phi) is 3.41. The topological polar surface area (TPSA) is 54.9 Å². The molecule has 0 radical (unpaired) electrons. The summed E-state index contributed by atoms with van der Waals surface area (Å²) >= 11 is 1.82. The van der Waals surface area contributed by atoms with Gasteiger partial charge in [-0.1, -0.05) is 18.2 Å². The van der Waals surface area contributed by atoms with Crippen LogP contribution in [0.25, 0.3) is 0 Å². The van der Waals surface area contributed by atoms with Gasteiger partial charge in [0.25, 0.3) is 5.56 Å². The molecule has 6 heteroatoms. The molecule has 1 N–H and O–H groups in total. The lowest BCUT2D eigenvalue weighted by molar-refractivity contribution is 0.592.